The van der Waals surface area contributed by atoms with E-state index in [-0.39, 0.29) is 17.1 Å². The van der Waals surface area contributed by atoms with E-state index in [0.29, 0.717) is 10.4 Å². The SMILES string of the molecule is Cc1ccc(Oc2ncc([N+](=O)[O-])cc2C(N)=O)c(Br)n1. The Hall–Kier alpha value is -2.55. The van der Waals surface area contributed by atoms with Gasteiger partial charge in [0.2, 0.25) is 5.88 Å². The van der Waals surface area contributed by atoms with Crippen molar-refractivity contribution in [2.24, 2.45) is 5.73 Å². The van der Waals surface area contributed by atoms with Crippen molar-refractivity contribution in [2.45, 2.75) is 6.92 Å². The Morgan fingerprint density at radius 2 is 2.19 bits per heavy atom. The van der Waals surface area contributed by atoms with Crippen LogP contribution >= 0.6 is 15.9 Å². The molecule has 0 radical (unpaired) electrons. The number of nitro groups is 1. The molecule has 0 saturated carbocycles. The molecule has 0 unspecified atom stereocenters. The smallest absolute Gasteiger partial charge is 0.288 e. The maximum absolute atomic E-state index is 11.4. The van der Waals surface area contributed by atoms with Gasteiger partial charge in [-0.05, 0) is 35.0 Å². The predicted molar refractivity (Wildman–Crippen MR) is 76.2 cm³/mol. The van der Waals surface area contributed by atoms with Gasteiger partial charge >= 0.3 is 0 Å². The molecule has 0 spiro atoms. The first kappa shape index (κ1) is 14.9. The average molecular weight is 353 g/mol. The van der Waals surface area contributed by atoms with E-state index in [2.05, 4.69) is 25.9 Å². The van der Waals surface area contributed by atoms with E-state index in [1.54, 1.807) is 19.1 Å². The number of amides is 1. The van der Waals surface area contributed by atoms with Crippen LogP contribution in [0.5, 0.6) is 11.6 Å². The van der Waals surface area contributed by atoms with Crippen LogP contribution in [0.4, 0.5) is 5.69 Å². The fourth-order valence-corrected chi connectivity index (χ4v) is 1.98. The van der Waals surface area contributed by atoms with Crippen LogP contribution in [-0.2, 0) is 0 Å². The van der Waals surface area contributed by atoms with Gasteiger partial charge in [0.05, 0.1) is 4.92 Å². The number of pyridine rings is 2. The molecule has 0 bridgehead atoms. The largest absolute Gasteiger partial charge is 0.435 e. The van der Waals surface area contributed by atoms with Crippen molar-refractivity contribution in [2.75, 3.05) is 0 Å². The van der Waals surface area contributed by atoms with Crippen molar-refractivity contribution in [1.82, 2.24) is 9.97 Å². The number of aromatic nitrogens is 2. The molecule has 2 heterocycles. The maximum atomic E-state index is 11.4. The van der Waals surface area contributed by atoms with Crippen molar-refractivity contribution in [3.63, 3.8) is 0 Å². The Morgan fingerprint density at radius 1 is 1.48 bits per heavy atom. The topological polar surface area (TPSA) is 121 Å². The zero-order chi connectivity index (χ0) is 15.6. The molecule has 2 N–H and O–H groups in total. The van der Waals surface area contributed by atoms with Gasteiger partial charge in [-0.1, -0.05) is 0 Å². The molecule has 21 heavy (non-hydrogen) atoms. The minimum absolute atomic E-state index is 0.126. The Balaban J connectivity index is 2.44. The van der Waals surface area contributed by atoms with Gasteiger partial charge < -0.3 is 10.5 Å². The molecule has 0 aliphatic rings. The first-order valence-corrected chi connectivity index (χ1v) is 6.43. The molecule has 2 aromatic heterocycles. The van der Waals surface area contributed by atoms with Crippen molar-refractivity contribution in [1.29, 1.82) is 0 Å². The Labute approximate surface area is 127 Å². The average Bonchev–Trinajstić information content (AvgIpc) is 2.41. The van der Waals surface area contributed by atoms with E-state index in [9.17, 15) is 14.9 Å². The number of hydrogen-bond donors (Lipinski definition) is 1. The summed E-state index contributed by atoms with van der Waals surface area (Å²) in [5.41, 5.74) is 5.42. The summed E-state index contributed by atoms with van der Waals surface area (Å²) in [4.78, 5) is 29.3. The fourth-order valence-electron chi connectivity index (χ4n) is 1.49. The molecule has 0 aromatic carbocycles. The molecule has 9 heteroatoms. The van der Waals surface area contributed by atoms with Crippen LogP contribution in [0, 0.1) is 17.0 Å². The molecule has 2 rings (SSSR count). The molecule has 0 aliphatic carbocycles. The van der Waals surface area contributed by atoms with Crippen LogP contribution in [0.25, 0.3) is 0 Å². The number of hydrogen-bond acceptors (Lipinski definition) is 6. The number of primary amides is 1. The van der Waals surface area contributed by atoms with Crippen molar-refractivity contribution >= 4 is 27.5 Å². The van der Waals surface area contributed by atoms with E-state index < -0.39 is 10.8 Å². The Morgan fingerprint density at radius 3 is 2.76 bits per heavy atom. The van der Waals surface area contributed by atoms with E-state index in [1.807, 2.05) is 0 Å². The van der Waals surface area contributed by atoms with E-state index in [0.717, 1.165) is 18.0 Å². The van der Waals surface area contributed by atoms with Gasteiger partial charge in [-0.2, -0.15) is 0 Å². The van der Waals surface area contributed by atoms with Gasteiger partial charge in [0, 0.05) is 11.8 Å². The van der Waals surface area contributed by atoms with E-state index in [1.165, 1.54) is 0 Å². The summed E-state index contributed by atoms with van der Waals surface area (Å²) in [5, 5.41) is 10.7. The van der Waals surface area contributed by atoms with Gasteiger partial charge in [0.25, 0.3) is 11.6 Å². The highest BCUT2D eigenvalue weighted by Crippen LogP contribution is 2.30. The van der Waals surface area contributed by atoms with Crippen LogP contribution in [0.3, 0.4) is 0 Å². The second-order valence-corrected chi connectivity index (χ2v) is 4.76. The van der Waals surface area contributed by atoms with Crippen LogP contribution < -0.4 is 10.5 Å². The van der Waals surface area contributed by atoms with E-state index >= 15 is 0 Å². The molecule has 8 nitrogen and oxygen atoms in total. The molecule has 1 amide bonds. The quantitative estimate of drug-likeness (QED) is 0.512. The minimum atomic E-state index is -0.877. The Kier molecular flexibility index (Phi) is 4.13. The van der Waals surface area contributed by atoms with Crippen LogP contribution in [-0.4, -0.2) is 20.8 Å². The zero-order valence-electron chi connectivity index (χ0n) is 10.7. The number of carbonyl (C=O) groups excluding carboxylic acids is 1. The van der Waals surface area contributed by atoms with Crippen molar-refractivity contribution < 1.29 is 14.5 Å². The normalized spacial score (nSPS) is 10.2. The van der Waals surface area contributed by atoms with Crippen LogP contribution in [0.2, 0.25) is 0 Å². The third kappa shape index (κ3) is 3.31. The van der Waals surface area contributed by atoms with Gasteiger partial charge in [-0.15, -0.1) is 0 Å². The summed E-state index contributed by atoms with van der Waals surface area (Å²) in [6.07, 6.45) is 0.983. The van der Waals surface area contributed by atoms with Crippen LogP contribution in [0.15, 0.2) is 29.0 Å². The second kappa shape index (κ2) is 5.83. The molecule has 0 fully saturated rings. The van der Waals surface area contributed by atoms with Crippen molar-refractivity contribution in [3.05, 3.63) is 50.4 Å². The summed E-state index contributed by atoms with van der Waals surface area (Å²) in [6, 6.07) is 4.34. The first-order chi connectivity index (χ1) is 9.88. The Bertz CT molecular complexity index is 735. The number of aryl methyl sites for hydroxylation is 1. The van der Waals surface area contributed by atoms with Crippen LogP contribution in [0.1, 0.15) is 16.1 Å². The number of rotatable bonds is 4. The third-order valence-electron chi connectivity index (χ3n) is 2.47. The molecular weight excluding hydrogens is 344 g/mol. The van der Waals surface area contributed by atoms with Gasteiger partial charge in [0.1, 0.15) is 16.4 Å². The van der Waals surface area contributed by atoms with E-state index in [4.69, 9.17) is 10.5 Å². The molecule has 2 aromatic rings. The number of ether oxygens (including phenoxy) is 1. The standard InChI is InChI=1S/C12H9BrN4O4/c1-6-2-3-9(10(13)16-6)21-12-8(11(14)18)4-7(5-15-12)17(19)20/h2-5H,1H3,(H2,14,18). The highest BCUT2D eigenvalue weighted by Gasteiger charge is 2.18. The lowest BCUT2D eigenvalue weighted by molar-refractivity contribution is -0.385. The summed E-state index contributed by atoms with van der Waals surface area (Å²) in [6.45, 7) is 1.80. The molecular formula is C12H9BrN4O4. The lowest BCUT2D eigenvalue weighted by atomic mass is 10.2. The van der Waals surface area contributed by atoms with Gasteiger partial charge in [-0.3, -0.25) is 14.9 Å². The number of nitrogens with two attached hydrogens (primary N) is 1. The summed E-state index contributed by atoms with van der Waals surface area (Å²) < 4.78 is 5.86. The highest BCUT2D eigenvalue weighted by atomic mass is 79.9. The molecule has 0 atom stereocenters. The maximum Gasteiger partial charge on any atom is 0.288 e. The molecule has 0 saturated heterocycles. The first-order valence-electron chi connectivity index (χ1n) is 5.63. The lowest BCUT2D eigenvalue weighted by Gasteiger charge is -2.09. The zero-order valence-corrected chi connectivity index (χ0v) is 12.3. The fraction of sp³-hybridized carbons (Fsp3) is 0.0833. The highest BCUT2D eigenvalue weighted by molar-refractivity contribution is 9.10. The summed E-state index contributed by atoms with van der Waals surface area (Å²) in [5.74, 6) is -0.693. The monoisotopic (exact) mass is 352 g/mol. The molecule has 0 aliphatic heterocycles. The lowest BCUT2D eigenvalue weighted by Crippen LogP contribution is -2.13. The summed E-state index contributed by atoms with van der Waals surface area (Å²) >= 11 is 3.22. The van der Waals surface area contributed by atoms with Gasteiger partial charge in [0.15, 0.2) is 5.75 Å². The minimum Gasteiger partial charge on any atom is -0.435 e. The predicted octanol–water partition coefficient (Wildman–Crippen LogP) is 2.35. The number of halogens is 1. The van der Waals surface area contributed by atoms with Gasteiger partial charge in [-0.25, -0.2) is 9.97 Å². The second-order valence-electron chi connectivity index (χ2n) is 4.01. The van der Waals surface area contributed by atoms with Crippen molar-refractivity contribution in [3.8, 4) is 11.6 Å². The number of carbonyl (C=O) groups is 1. The summed E-state index contributed by atoms with van der Waals surface area (Å²) in [7, 11) is 0. The number of nitrogens with zero attached hydrogens (tertiary/aromatic N) is 3. The third-order valence-corrected chi connectivity index (χ3v) is 3.04. The molecule has 108 valence electrons.